The van der Waals surface area contributed by atoms with Crippen molar-refractivity contribution in [1.82, 2.24) is 10.2 Å². The minimum Gasteiger partial charge on any atom is -0.340 e. The molecule has 5 heteroatoms. The number of benzene rings is 2. The summed E-state index contributed by atoms with van der Waals surface area (Å²) in [4.78, 5) is 27.0. The SMILES string of the molecule is Cc1cccc(C(=O)N[C@H](C(=O)N(C)Cc2ccc(Cl)cc2)C(C)C)c1. The van der Waals surface area contributed by atoms with Crippen LogP contribution in [0.1, 0.15) is 35.3 Å². The third kappa shape index (κ3) is 5.33. The van der Waals surface area contributed by atoms with Gasteiger partial charge in [-0.15, -0.1) is 0 Å². The number of rotatable bonds is 6. The van der Waals surface area contributed by atoms with Gasteiger partial charge in [0.05, 0.1) is 0 Å². The summed E-state index contributed by atoms with van der Waals surface area (Å²) in [6, 6.07) is 14.1. The lowest BCUT2D eigenvalue weighted by Gasteiger charge is -2.27. The molecule has 2 aromatic rings. The topological polar surface area (TPSA) is 49.4 Å². The zero-order valence-corrected chi connectivity index (χ0v) is 16.4. The Bertz CT molecular complexity index is 772. The molecule has 0 aliphatic carbocycles. The Balaban J connectivity index is 2.08. The van der Waals surface area contributed by atoms with E-state index in [1.54, 1.807) is 30.1 Å². The standard InChI is InChI=1S/C21H25ClN2O2/c1-14(2)19(23-20(25)17-7-5-6-15(3)12-17)21(26)24(4)13-16-8-10-18(22)11-9-16/h5-12,14,19H,13H2,1-4H3,(H,23,25)/t19-/m0/s1. The minimum atomic E-state index is -0.583. The van der Waals surface area contributed by atoms with Crippen molar-refractivity contribution in [1.29, 1.82) is 0 Å². The van der Waals surface area contributed by atoms with Gasteiger partial charge in [-0.05, 0) is 42.7 Å². The number of aryl methyl sites for hydroxylation is 1. The summed E-state index contributed by atoms with van der Waals surface area (Å²) in [5.41, 5.74) is 2.55. The molecule has 26 heavy (non-hydrogen) atoms. The number of nitrogens with zero attached hydrogens (tertiary/aromatic N) is 1. The van der Waals surface area contributed by atoms with Crippen molar-refractivity contribution in [2.75, 3.05) is 7.05 Å². The number of nitrogens with one attached hydrogen (secondary N) is 1. The van der Waals surface area contributed by atoms with E-state index in [-0.39, 0.29) is 17.7 Å². The molecule has 0 saturated heterocycles. The zero-order chi connectivity index (χ0) is 19.3. The molecule has 2 aromatic carbocycles. The van der Waals surface area contributed by atoms with E-state index in [9.17, 15) is 9.59 Å². The fourth-order valence-corrected chi connectivity index (χ4v) is 2.83. The molecule has 1 atom stereocenters. The molecule has 0 aromatic heterocycles. The Morgan fingerprint density at radius 1 is 1.12 bits per heavy atom. The fourth-order valence-electron chi connectivity index (χ4n) is 2.70. The van der Waals surface area contributed by atoms with Crippen LogP contribution in [0.3, 0.4) is 0 Å². The molecule has 0 unspecified atom stereocenters. The predicted octanol–water partition coefficient (Wildman–Crippen LogP) is 4.06. The number of amides is 2. The molecular weight excluding hydrogens is 348 g/mol. The Labute approximate surface area is 160 Å². The van der Waals surface area contributed by atoms with E-state index in [4.69, 9.17) is 11.6 Å². The van der Waals surface area contributed by atoms with Crippen LogP contribution in [-0.4, -0.2) is 29.8 Å². The van der Waals surface area contributed by atoms with Gasteiger partial charge in [-0.2, -0.15) is 0 Å². The van der Waals surface area contributed by atoms with Crippen molar-refractivity contribution in [2.24, 2.45) is 5.92 Å². The average Bonchev–Trinajstić information content (AvgIpc) is 2.60. The van der Waals surface area contributed by atoms with Crippen LogP contribution in [0, 0.1) is 12.8 Å². The van der Waals surface area contributed by atoms with Crippen LogP contribution in [0.15, 0.2) is 48.5 Å². The summed E-state index contributed by atoms with van der Waals surface area (Å²) >= 11 is 5.90. The second-order valence-electron chi connectivity index (χ2n) is 6.89. The maximum absolute atomic E-state index is 12.9. The first kappa shape index (κ1) is 20.0. The van der Waals surface area contributed by atoms with Crippen LogP contribution in [0.4, 0.5) is 0 Å². The van der Waals surface area contributed by atoms with Crippen LogP contribution < -0.4 is 5.32 Å². The molecule has 0 heterocycles. The Morgan fingerprint density at radius 2 is 1.77 bits per heavy atom. The summed E-state index contributed by atoms with van der Waals surface area (Å²) in [6.07, 6.45) is 0. The number of hydrogen-bond donors (Lipinski definition) is 1. The van der Waals surface area contributed by atoms with Gasteiger partial charge < -0.3 is 10.2 Å². The van der Waals surface area contributed by atoms with E-state index in [1.807, 2.05) is 51.1 Å². The maximum Gasteiger partial charge on any atom is 0.251 e. The van der Waals surface area contributed by atoms with Crippen LogP contribution in [0.2, 0.25) is 5.02 Å². The van der Waals surface area contributed by atoms with Gasteiger partial charge in [0.1, 0.15) is 6.04 Å². The number of carbonyl (C=O) groups is 2. The number of carbonyl (C=O) groups excluding carboxylic acids is 2. The van der Waals surface area contributed by atoms with E-state index in [0.29, 0.717) is 17.1 Å². The summed E-state index contributed by atoms with van der Waals surface area (Å²) in [5, 5.41) is 3.54. The van der Waals surface area contributed by atoms with Gasteiger partial charge in [-0.1, -0.05) is 55.3 Å². The first-order valence-electron chi connectivity index (χ1n) is 8.65. The summed E-state index contributed by atoms with van der Waals surface area (Å²) < 4.78 is 0. The van der Waals surface area contributed by atoms with Crippen LogP contribution >= 0.6 is 11.6 Å². The molecule has 138 valence electrons. The zero-order valence-electron chi connectivity index (χ0n) is 15.6. The van der Waals surface area contributed by atoms with Crippen molar-refractivity contribution in [3.63, 3.8) is 0 Å². The second-order valence-corrected chi connectivity index (χ2v) is 7.32. The highest BCUT2D eigenvalue weighted by Crippen LogP contribution is 2.13. The summed E-state index contributed by atoms with van der Waals surface area (Å²) in [6.45, 7) is 6.24. The lowest BCUT2D eigenvalue weighted by molar-refractivity contribution is -0.133. The molecule has 2 amide bonds. The monoisotopic (exact) mass is 372 g/mol. The van der Waals surface area contributed by atoms with E-state index >= 15 is 0 Å². The van der Waals surface area contributed by atoms with Crippen molar-refractivity contribution < 1.29 is 9.59 Å². The molecule has 0 saturated carbocycles. The van der Waals surface area contributed by atoms with Crippen LogP contribution in [0.5, 0.6) is 0 Å². The second kappa shape index (κ2) is 8.86. The average molecular weight is 373 g/mol. The molecular formula is C21H25ClN2O2. The molecule has 0 aliphatic rings. The van der Waals surface area contributed by atoms with Gasteiger partial charge in [-0.25, -0.2) is 0 Å². The third-order valence-corrected chi connectivity index (χ3v) is 4.46. The highest BCUT2D eigenvalue weighted by molar-refractivity contribution is 6.30. The van der Waals surface area contributed by atoms with E-state index in [1.165, 1.54) is 0 Å². The van der Waals surface area contributed by atoms with E-state index < -0.39 is 6.04 Å². The molecule has 0 bridgehead atoms. The van der Waals surface area contributed by atoms with Crippen molar-refractivity contribution >= 4 is 23.4 Å². The Kier molecular flexibility index (Phi) is 6.81. The quantitative estimate of drug-likeness (QED) is 0.831. The maximum atomic E-state index is 12.9. The lowest BCUT2D eigenvalue weighted by Crippen LogP contribution is -2.50. The normalized spacial score (nSPS) is 11.9. The smallest absolute Gasteiger partial charge is 0.251 e. The minimum absolute atomic E-state index is 0.0241. The van der Waals surface area contributed by atoms with Gasteiger partial charge in [0.2, 0.25) is 5.91 Å². The number of halogens is 1. The number of likely N-dealkylation sites (N-methyl/N-ethyl adjacent to an activating group) is 1. The van der Waals surface area contributed by atoms with Crippen molar-refractivity contribution in [2.45, 2.75) is 33.4 Å². The van der Waals surface area contributed by atoms with Crippen molar-refractivity contribution in [3.05, 3.63) is 70.2 Å². The van der Waals surface area contributed by atoms with Gasteiger partial charge in [-0.3, -0.25) is 9.59 Å². The number of hydrogen-bond acceptors (Lipinski definition) is 2. The van der Waals surface area contributed by atoms with E-state index in [0.717, 1.165) is 11.1 Å². The highest BCUT2D eigenvalue weighted by atomic mass is 35.5. The molecule has 0 aliphatic heterocycles. The fraction of sp³-hybridized carbons (Fsp3) is 0.333. The first-order chi connectivity index (χ1) is 12.3. The van der Waals surface area contributed by atoms with Gasteiger partial charge in [0.15, 0.2) is 0 Å². The van der Waals surface area contributed by atoms with Gasteiger partial charge in [0.25, 0.3) is 5.91 Å². The molecule has 0 spiro atoms. The third-order valence-electron chi connectivity index (χ3n) is 4.21. The van der Waals surface area contributed by atoms with Gasteiger partial charge >= 0.3 is 0 Å². The first-order valence-corrected chi connectivity index (χ1v) is 9.02. The lowest BCUT2D eigenvalue weighted by atomic mass is 10.0. The molecule has 4 nitrogen and oxygen atoms in total. The van der Waals surface area contributed by atoms with Crippen LogP contribution in [0.25, 0.3) is 0 Å². The van der Waals surface area contributed by atoms with Crippen LogP contribution in [-0.2, 0) is 11.3 Å². The van der Waals surface area contributed by atoms with Gasteiger partial charge in [0, 0.05) is 24.2 Å². The van der Waals surface area contributed by atoms with E-state index in [2.05, 4.69) is 5.32 Å². The summed E-state index contributed by atoms with van der Waals surface area (Å²) in [5.74, 6) is -0.375. The molecule has 0 fully saturated rings. The summed E-state index contributed by atoms with van der Waals surface area (Å²) in [7, 11) is 1.74. The molecule has 2 rings (SSSR count). The predicted molar refractivity (Wildman–Crippen MR) is 105 cm³/mol. The molecule has 1 N–H and O–H groups in total. The van der Waals surface area contributed by atoms with Crippen molar-refractivity contribution in [3.8, 4) is 0 Å². The Hall–Kier alpha value is -2.33. The Morgan fingerprint density at radius 3 is 2.35 bits per heavy atom. The molecule has 0 radical (unpaired) electrons. The highest BCUT2D eigenvalue weighted by Gasteiger charge is 2.27. The largest absolute Gasteiger partial charge is 0.340 e.